The summed E-state index contributed by atoms with van der Waals surface area (Å²) in [5.74, 6) is 0.332. The first-order valence-corrected chi connectivity index (χ1v) is 6.70. The molecule has 0 spiro atoms. The first-order valence-electron chi connectivity index (χ1n) is 6.70. The molecule has 0 aliphatic carbocycles. The number of benzene rings is 1. The van der Waals surface area contributed by atoms with Crippen molar-refractivity contribution in [1.82, 2.24) is 15.0 Å². The third-order valence-electron chi connectivity index (χ3n) is 3.13. The molecule has 0 amide bonds. The molecule has 0 saturated heterocycles. The summed E-state index contributed by atoms with van der Waals surface area (Å²) in [6.07, 6.45) is 8.52. The number of halogens is 1. The fourth-order valence-corrected chi connectivity index (χ4v) is 1.98. The summed E-state index contributed by atoms with van der Waals surface area (Å²) >= 11 is 0. The lowest BCUT2D eigenvalue weighted by molar-refractivity contribution is 0.628. The van der Waals surface area contributed by atoms with E-state index in [1.807, 2.05) is 12.1 Å². The molecule has 0 aliphatic rings. The van der Waals surface area contributed by atoms with E-state index in [4.69, 9.17) is 5.41 Å². The Hall–Kier alpha value is -3.08. The van der Waals surface area contributed by atoms with Crippen LogP contribution < -0.4 is 0 Å². The monoisotopic (exact) mass is 292 g/mol. The van der Waals surface area contributed by atoms with Crippen LogP contribution in [0.5, 0.6) is 0 Å². The second kappa shape index (κ2) is 6.13. The topological polar surface area (TPSA) is 65.4 Å². The summed E-state index contributed by atoms with van der Waals surface area (Å²) in [6, 6.07) is 9.62. The van der Waals surface area contributed by atoms with Gasteiger partial charge in [-0.25, -0.2) is 9.37 Å². The molecule has 2 heterocycles. The van der Waals surface area contributed by atoms with Crippen molar-refractivity contribution in [3.8, 4) is 11.3 Å². The Kier molecular flexibility index (Phi) is 3.87. The minimum absolute atomic E-state index is 0.291. The highest BCUT2D eigenvalue weighted by Crippen LogP contribution is 2.15. The molecule has 3 aromatic rings. The minimum Gasteiger partial charge on any atom is -0.338 e. The number of aromatic amines is 1. The first kappa shape index (κ1) is 13.9. The van der Waals surface area contributed by atoms with Gasteiger partial charge in [0, 0.05) is 18.0 Å². The Labute approximate surface area is 126 Å². The number of hydrogen-bond donors (Lipinski definition) is 2. The van der Waals surface area contributed by atoms with Crippen LogP contribution in [0.2, 0.25) is 0 Å². The number of nitrogens with zero attached hydrogens (tertiary/aromatic N) is 2. The van der Waals surface area contributed by atoms with E-state index in [0.717, 1.165) is 11.3 Å². The molecule has 22 heavy (non-hydrogen) atoms. The van der Waals surface area contributed by atoms with Gasteiger partial charge in [0.2, 0.25) is 0 Å². The van der Waals surface area contributed by atoms with Crippen molar-refractivity contribution in [3.05, 3.63) is 78.3 Å². The van der Waals surface area contributed by atoms with E-state index >= 15 is 0 Å². The highest BCUT2D eigenvalue weighted by molar-refractivity contribution is 6.08. The van der Waals surface area contributed by atoms with Crippen molar-refractivity contribution in [2.45, 2.75) is 0 Å². The van der Waals surface area contributed by atoms with Gasteiger partial charge >= 0.3 is 0 Å². The van der Waals surface area contributed by atoms with E-state index < -0.39 is 0 Å². The SMILES string of the molecule is N=C(/C=C\c1ncc(-c2cccnc2)[nH]1)c1ccc(F)cc1. The van der Waals surface area contributed by atoms with Gasteiger partial charge < -0.3 is 10.4 Å². The van der Waals surface area contributed by atoms with Crippen LogP contribution in [0.4, 0.5) is 4.39 Å². The number of H-pyrrole nitrogens is 1. The van der Waals surface area contributed by atoms with E-state index in [1.165, 1.54) is 12.1 Å². The zero-order chi connectivity index (χ0) is 15.4. The molecule has 0 radical (unpaired) electrons. The second-order valence-electron chi connectivity index (χ2n) is 4.68. The lowest BCUT2D eigenvalue weighted by Crippen LogP contribution is -1.94. The molecule has 2 N–H and O–H groups in total. The Morgan fingerprint density at radius 3 is 2.68 bits per heavy atom. The van der Waals surface area contributed by atoms with Crippen molar-refractivity contribution < 1.29 is 4.39 Å². The molecular weight excluding hydrogens is 279 g/mol. The van der Waals surface area contributed by atoms with Gasteiger partial charge in [-0.05, 0) is 54.1 Å². The maximum Gasteiger partial charge on any atom is 0.130 e. The standard InChI is InChI=1S/C17H13FN4/c18-14-5-3-12(4-6-14)15(19)7-8-17-21-11-16(22-17)13-2-1-9-20-10-13/h1-11,19H,(H,21,22)/b8-7-,19-15?. The van der Waals surface area contributed by atoms with Crippen molar-refractivity contribution in [1.29, 1.82) is 5.41 Å². The molecule has 1 aromatic carbocycles. The van der Waals surface area contributed by atoms with Gasteiger partial charge in [-0.15, -0.1) is 0 Å². The Morgan fingerprint density at radius 2 is 1.95 bits per heavy atom. The van der Waals surface area contributed by atoms with Crippen LogP contribution in [-0.2, 0) is 0 Å². The third kappa shape index (κ3) is 3.15. The molecular formula is C17H13FN4. The van der Waals surface area contributed by atoms with E-state index in [0.29, 0.717) is 17.1 Å². The van der Waals surface area contributed by atoms with Crippen molar-refractivity contribution in [2.24, 2.45) is 0 Å². The molecule has 0 unspecified atom stereocenters. The normalized spacial score (nSPS) is 11.0. The summed E-state index contributed by atoms with van der Waals surface area (Å²) in [5.41, 5.74) is 2.75. The summed E-state index contributed by atoms with van der Waals surface area (Å²) in [5, 5.41) is 7.96. The second-order valence-corrected chi connectivity index (χ2v) is 4.68. The molecule has 0 fully saturated rings. The maximum absolute atomic E-state index is 12.9. The Bertz CT molecular complexity index is 804. The average Bonchev–Trinajstić information content (AvgIpc) is 3.03. The molecule has 0 aliphatic heterocycles. The molecule has 0 saturated carbocycles. The summed E-state index contributed by atoms with van der Waals surface area (Å²) < 4.78 is 12.9. The average molecular weight is 292 g/mol. The number of nitrogens with one attached hydrogen (secondary N) is 2. The van der Waals surface area contributed by atoms with Crippen molar-refractivity contribution in [2.75, 3.05) is 0 Å². The van der Waals surface area contributed by atoms with Gasteiger partial charge in [0.15, 0.2) is 0 Å². The minimum atomic E-state index is -0.312. The van der Waals surface area contributed by atoms with E-state index in [9.17, 15) is 4.39 Å². The molecule has 108 valence electrons. The van der Waals surface area contributed by atoms with Crippen LogP contribution in [0, 0.1) is 11.2 Å². The molecule has 0 bridgehead atoms. The van der Waals surface area contributed by atoms with Crippen LogP contribution in [0.15, 0.2) is 61.1 Å². The van der Waals surface area contributed by atoms with Crippen LogP contribution in [0.1, 0.15) is 11.4 Å². The van der Waals surface area contributed by atoms with Crippen LogP contribution >= 0.6 is 0 Å². The van der Waals surface area contributed by atoms with Crippen molar-refractivity contribution >= 4 is 11.8 Å². The lowest BCUT2D eigenvalue weighted by Gasteiger charge is -1.97. The number of rotatable bonds is 4. The quantitative estimate of drug-likeness (QED) is 0.720. The molecule has 5 heteroatoms. The van der Waals surface area contributed by atoms with Gasteiger partial charge in [-0.3, -0.25) is 4.98 Å². The predicted molar refractivity (Wildman–Crippen MR) is 84.1 cm³/mol. The van der Waals surface area contributed by atoms with Gasteiger partial charge in [-0.1, -0.05) is 0 Å². The summed E-state index contributed by atoms with van der Waals surface area (Å²) in [4.78, 5) is 11.5. The number of aromatic nitrogens is 3. The number of imidazole rings is 1. The van der Waals surface area contributed by atoms with Gasteiger partial charge in [0.05, 0.1) is 17.6 Å². The molecule has 0 atom stereocenters. The third-order valence-corrected chi connectivity index (χ3v) is 3.13. The lowest BCUT2D eigenvalue weighted by atomic mass is 10.1. The smallest absolute Gasteiger partial charge is 0.130 e. The summed E-state index contributed by atoms with van der Waals surface area (Å²) in [7, 11) is 0. The van der Waals surface area contributed by atoms with E-state index in [2.05, 4.69) is 15.0 Å². The number of pyridine rings is 1. The van der Waals surface area contributed by atoms with Gasteiger partial charge in [0.1, 0.15) is 11.6 Å². The zero-order valence-corrected chi connectivity index (χ0v) is 11.6. The Morgan fingerprint density at radius 1 is 1.14 bits per heavy atom. The number of allylic oxidation sites excluding steroid dienone is 1. The highest BCUT2D eigenvalue weighted by Gasteiger charge is 2.02. The van der Waals surface area contributed by atoms with Crippen LogP contribution in [0.3, 0.4) is 0 Å². The fourth-order valence-electron chi connectivity index (χ4n) is 1.98. The maximum atomic E-state index is 12.9. The fraction of sp³-hybridized carbons (Fsp3) is 0. The van der Waals surface area contributed by atoms with Crippen LogP contribution in [0.25, 0.3) is 17.3 Å². The summed E-state index contributed by atoms with van der Waals surface area (Å²) in [6.45, 7) is 0. The number of hydrogen-bond acceptors (Lipinski definition) is 3. The van der Waals surface area contributed by atoms with Gasteiger partial charge in [0.25, 0.3) is 0 Å². The Balaban J connectivity index is 1.75. The first-order chi connectivity index (χ1) is 10.7. The van der Waals surface area contributed by atoms with Crippen molar-refractivity contribution in [3.63, 3.8) is 0 Å². The molecule has 2 aromatic heterocycles. The van der Waals surface area contributed by atoms with E-state index in [1.54, 1.807) is 42.9 Å². The molecule has 4 nitrogen and oxygen atoms in total. The molecule has 3 rings (SSSR count). The van der Waals surface area contributed by atoms with Crippen LogP contribution in [-0.4, -0.2) is 20.7 Å². The zero-order valence-electron chi connectivity index (χ0n) is 11.6. The highest BCUT2D eigenvalue weighted by atomic mass is 19.1. The predicted octanol–water partition coefficient (Wildman–Crippen LogP) is 3.69. The van der Waals surface area contributed by atoms with Gasteiger partial charge in [-0.2, -0.15) is 0 Å². The van der Waals surface area contributed by atoms with E-state index in [-0.39, 0.29) is 5.82 Å². The largest absolute Gasteiger partial charge is 0.338 e.